The number of aliphatic hydroxyl groups excluding tert-OH is 1. The van der Waals surface area contributed by atoms with E-state index < -0.39 is 0 Å². The van der Waals surface area contributed by atoms with Crippen LogP contribution in [0.15, 0.2) is 40.7 Å². The summed E-state index contributed by atoms with van der Waals surface area (Å²) in [5, 5.41) is 12.9. The molecule has 2 heterocycles. The number of thioether (sulfide) groups is 1. The lowest BCUT2D eigenvalue weighted by molar-refractivity contribution is 0.133. The molecule has 0 radical (unpaired) electrons. The Morgan fingerprint density at radius 2 is 2.18 bits per heavy atom. The van der Waals surface area contributed by atoms with Crippen molar-refractivity contribution in [2.24, 2.45) is 4.99 Å². The Bertz CT molecular complexity index is 481. The minimum atomic E-state index is -0.373. The van der Waals surface area contributed by atoms with Gasteiger partial charge in [-0.25, -0.2) is 0 Å². The topological polar surface area (TPSA) is 35.8 Å². The third-order valence-electron chi connectivity index (χ3n) is 3.11. The summed E-state index contributed by atoms with van der Waals surface area (Å²) in [5.41, 5.74) is 2.33. The Morgan fingerprint density at radius 3 is 2.88 bits per heavy atom. The van der Waals surface area contributed by atoms with Gasteiger partial charge in [0.1, 0.15) is 0 Å². The SMILES string of the molecule is CC(O)[C@H]1CN=C2SC=C(c3ccccc3)N21. The molecule has 2 atom stereocenters. The Kier molecular flexibility index (Phi) is 2.68. The molecule has 1 unspecified atom stereocenters. The van der Waals surface area contributed by atoms with Gasteiger partial charge < -0.3 is 10.0 Å². The summed E-state index contributed by atoms with van der Waals surface area (Å²) < 4.78 is 0. The van der Waals surface area contributed by atoms with E-state index in [9.17, 15) is 5.11 Å². The van der Waals surface area contributed by atoms with Crippen LogP contribution in [-0.4, -0.2) is 33.9 Å². The Labute approximate surface area is 105 Å². The van der Waals surface area contributed by atoms with Crippen molar-refractivity contribution in [1.82, 2.24) is 4.90 Å². The molecule has 17 heavy (non-hydrogen) atoms. The molecule has 2 aliphatic heterocycles. The van der Waals surface area contributed by atoms with Crippen molar-refractivity contribution in [3.8, 4) is 0 Å². The number of aliphatic imine (C=N–C) groups is 1. The second-order valence-corrected chi connectivity index (χ2v) is 5.12. The van der Waals surface area contributed by atoms with E-state index in [-0.39, 0.29) is 12.1 Å². The normalized spacial score (nSPS) is 24.4. The van der Waals surface area contributed by atoms with Crippen LogP contribution in [0, 0.1) is 0 Å². The second kappa shape index (κ2) is 4.20. The zero-order chi connectivity index (χ0) is 11.8. The first-order chi connectivity index (χ1) is 8.27. The standard InChI is InChI=1S/C13H14N2OS/c1-9(16)11-7-14-13-15(11)12(8-17-13)10-5-3-2-4-6-10/h2-6,8-9,11,16H,7H2,1H3/t9?,11-/m1/s1. The number of aliphatic hydroxyl groups is 1. The van der Waals surface area contributed by atoms with Crippen LogP contribution in [0.2, 0.25) is 0 Å². The Morgan fingerprint density at radius 1 is 1.41 bits per heavy atom. The van der Waals surface area contributed by atoms with Gasteiger partial charge in [0, 0.05) is 5.41 Å². The fraction of sp³-hybridized carbons (Fsp3) is 0.308. The first kappa shape index (κ1) is 10.9. The van der Waals surface area contributed by atoms with Crippen LogP contribution in [0.4, 0.5) is 0 Å². The lowest BCUT2D eigenvalue weighted by atomic mass is 10.1. The van der Waals surface area contributed by atoms with E-state index in [0.29, 0.717) is 6.54 Å². The van der Waals surface area contributed by atoms with Crippen LogP contribution in [-0.2, 0) is 0 Å². The Balaban J connectivity index is 1.95. The van der Waals surface area contributed by atoms with E-state index in [1.54, 1.807) is 11.8 Å². The molecule has 0 aromatic heterocycles. The predicted octanol–water partition coefficient (Wildman–Crippen LogP) is 2.15. The molecule has 1 N–H and O–H groups in total. The van der Waals surface area contributed by atoms with E-state index in [0.717, 1.165) is 10.9 Å². The van der Waals surface area contributed by atoms with Crippen molar-refractivity contribution in [2.45, 2.75) is 19.1 Å². The highest BCUT2D eigenvalue weighted by molar-refractivity contribution is 8.16. The summed E-state index contributed by atoms with van der Waals surface area (Å²) in [6.07, 6.45) is -0.373. The smallest absolute Gasteiger partial charge is 0.168 e. The van der Waals surface area contributed by atoms with Crippen molar-refractivity contribution in [3.05, 3.63) is 41.3 Å². The molecule has 3 nitrogen and oxygen atoms in total. The maximum Gasteiger partial charge on any atom is 0.168 e. The number of hydrogen-bond donors (Lipinski definition) is 1. The maximum absolute atomic E-state index is 9.81. The van der Waals surface area contributed by atoms with Gasteiger partial charge in [0.2, 0.25) is 0 Å². The fourth-order valence-electron chi connectivity index (χ4n) is 2.20. The van der Waals surface area contributed by atoms with Crippen LogP contribution in [0.1, 0.15) is 12.5 Å². The minimum Gasteiger partial charge on any atom is -0.391 e. The van der Waals surface area contributed by atoms with Gasteiger partial charge in [-0.3, -0.25) is 4.99 Å². The number of amidine groups is 1. The van der Waals surface area contributed by atoms with Gasteiger partial charge in [-0.05, 0) is 12.5 Å². The zero-order valence-electron chi connectivity index (χ0n) is 9.58. The van der Waals surface area contributed by atoms with Crippen molar-refractivity contribution < 1.29 is 5.11 Å². The van der Waals surface area contributed by atoms with E-state index in [2.05, 4.69) is 27.4 Å². The largest absolute Gasteiger partial charge is 0.391 e. The average molecular weight is 246 g/mol. The highest BCUT2D eigenvalue weighted by atomic mass is 32.2. The van der Waals surface area contributed by atoms with Crippen LogP contribution >= 0.6 is 11.8 Å². The highest BCUT2D eigenvalue weighted by Crippen LogP contribution is 2.38. The molecule has 0 fully saturated rings. The lowest BCUT2D eigenvalue weighted by Gasteiger charge is -2.27. The molecule has 0 saturated carbocycles. The van der Waals surface area contributed by atoms with Gasteiger partial charge >= 0.3 is 0 Å². The predicted molar refractivity (Wildman–Crippen MR) is 71.6 cm³/mol. The summed E-state index contributed by atoms with van der Waals surface area (Å²) in [5.74, 6) is 0. The van der Waals surface area contributed by atoms with Crippen molar-refractivity contribution >= 4 is 22.6 Å². The molecule has 4 heteroatoms. The highest BCUT2D eigenvalue weighted by Gasteiger charge is 2.37. The molecule has 0 amide bonds. The van der Waals surface area contributed by atoms with Gasteiger partial charge in [-0.1, -0.05) is 42.1 Å². The summed E-state index contributed by atoms with van der Waals surface area (Å²) >= 11 is 1.64. The molecule has 2 aliphatic rings. The molecule has 0 saturated heterocycles. The molecule has 3 rings (SSSR count). The van der Waals surface area contributed by atoms with Gasteiger partial charge in [-0.2, -0.15) is 0 Å². The number of hydrogen-bond acceptors (Lipinski definition) is 4. The lowest BCUT2D eigenvalue weighted by Crippen LogP contribution is -2.39. The number of rotatable bonds is 2. The Hall–Kier alpha value is -1.26. The van der Waals surface area contributed by atoms with E-state index in [1.165, 1.54) is 5.56 Å². The second-order valence-electron chi connectivity index (χ2n) is 4.29. The van der Waals surface area contributed by atoms with Crippen LogP contribution in [0.25, 0.3) is 5.70 Å². The van der Waals surface area contributed by atoms with Gasteiger partial charge in [0.25, 0.3) is 0 Å². The van der Waals surface area contributed by atoms with Crippen LogP contribution in [0.5, 0.6) is 0 Å². The summed E-state index contributed by atoms with van der Waals surface area (Å²) in [4.78, 5) is 6.63. The zero-order valence-corrected chi connectivity index (χ0v) is 10.4. The minimum absolute atomic E-state index is 0.0754. The van der Waals surface area contributed by atoms with Crippen molar-refractivity contribution in [3.63, 3.8) is 0 Å². The van der Waals surface area contributed by atoms with E-state index >= 15 is 0 Å². The summed E-state index contributed by atoms with van der Waals surface area (Å²) in [6, 6.07) is 10.3. The summed E-state index contributed by atoms with van der Waals surface area (Å²) in [7, 11) is 0. The molecule has 0 bridgehead atoms. The van der Waals surface area contributed by atoms with Crippen molar-refractivity contribution in [2.75, 3.05) is 6.54 Å². The van der Waals surface area contributed by atoms with E-state index in [4.69, 9.17) is 0 Å². The monoisotopic (exact) mass is 246 g/mol. The van der Waals surface area contributed by atoms with Crippen molar-refractivity contribution in [1.29, 1.82) is 0 Å². The first-order valence-electron chi connectivity index (χ1n) is 5.71. The molecular formula is C13H14N2OS. The number of nitrogens with zero attached hydrogens (tertiary/aromatic N) is 2. The number of benzene rings is 1. The number of fused-ring (bicyclic) bond motifs is 1. The van der Waals surface area contributed by atoms with Gasteiger partial charge in [0.15, 0.2) is 5.17 Å². The van der Waals surface area contributed by atoms with Gasteiger partial charge in [-0.15, -0.1) is 0 Å². The third-order valence-corrected chi connectivity index (χ3v) is 3.99. The maximum atomic E-state index is 9.81. The quantitative estimate of drug-likeness (QED) is 0.868. The van der Waals surface area contributed by atoms with Crippen LogP contribution < -0.4 is 0 Å². The molecule has 0 aliphatic carbocycles. The molecule has 1 aromatic carbocycles. The van der Waals surface area contributed by atoms with Crippen LogP contribution in [0.3, 0.4) is 0 Å². The molecular weight excluding hydrogens is 232 g/mol. The third kappa shape index (κ3) is 1.77. The summed E-state index contributed by atoms with van der Waals surface area (Å²) in [6.45, 7) is 2.51. The fourth-order valence-corrected chi connectivity index (χ4v) is 3.16. The molecule has 0 spiro atoms. The van der Waals surface area contributed by atoms with Gasteiger partial charge in [0.05, 0.1) is 24.4 Å². The molecule has 88 valence electrons. The molecule has 1 aromatic rings. The van der Waals surface area contributed by atoms with E-state index in [1.807, 2.05) is 25.1 Å². The average Bonchev–Trinajstić information content (AvgIpc) is 2.90. The first-order valence-corrected chi connectivity index (χ1v) is 6.59.